The van der Waals surface area contributed by atoms with Crippen LogP contribution in [0.5, 0.6) is 0 Å². The van der Waals surface area contributed by atoms with Crippen molar-refractivity contribution in [1.29, 1.82) is 0 Å². The maximum Gasteiger partial charge on any atom is 0.269 e. The van der Waals surface area contributed by atoms with E-state index >= 15 is 0 Å². The number of benzene rings is 1. The first-order valence-electron chi connectivity index (χ1n) is 4.43. The van der Waals surface area contributed by atoms with E-state index in [1.807, 2.05) is 26.0 Å². The van der Waals surface area contributed by atoms with E-state index in [0.29, 0.717) is 5.56 Å². The normalized spacial score (nSPS) is 9.47. The van der Waals surface area contributed by atoms with Crippen LogP contribution >= 0.6 is 12.2 Å². The van der Waals surface area contributed by atoms with Crippen LogP contribution in [0.1, 0.15) is 21.5 Å². The van der Waals surface area contributed by atoms with Crippen molar-refractivity contribution in [1.82, 2.24) is 10.9 Å². The standard InChI is InChI=1S/C10H13N3OS/c1-6-3-4-8(7(2)5-6)9(14)12-13-10(11)15/h3-5H,1-2H3,(H,12,14)(H3,11,13,15). The van der Waals surface area contributed by atoms with Gasteiger partial charge in [-0.25, -0.2) is 0 Å². The Bertz CT molecular complexity index is 404. The molecule has 80 valence electrons. The summed E-state index contributed by atoms with van der Waals surface area (Å²) in [5.41, 5.74) is 12.6. The SMILES string of the molecule is Cc1ccc(C(=O)NNC(N)=S)c(C)c1. The third-order valence-electron chi connectivity index (χ3n) is 1.93. The average Bonchev–Trinajstić information content (AvgIpc) is 2.14. The largest absolute Gasteiger partial charge is 0.375 e. The number of nitrogens with one attached hydrogen (secondary N) is 2. The highest BCUT2D eigenvalue weighted by Gasteiger charge is 2.07. The molecule has 1 aromatic rings. The molecule has 0 heterocycles. The van der Waals surface area contributed by atoms with Crippen LogP contribution in [0.4, 0.5) is 0 Å². The molecule has 1 rings (SSSR count). The number of thiocarbonyl (C=S) groups is 1. The molecule has 0 aliphatic carbocycles. The van der Waals surface area contributed by atoms with Gasteiger partial charge in [0.15, 0.2) is 5.11 Å². The van der Waals surface area contributed by atoms with E-state index in [9.17, 15) is 4.79 Å². The molecule has 0 aromatic heterocycles. The van der Waals surface area contributed by atoms with Crippen molar-refractivity contribution in [3.8, 4) is 0 Å². The quantitative estimate of drug-likeness (QED) is 0.486. The molecule has 0 saturated carbocycles. The lowest BCUT2D eigenvalue weighted by molar-refractivity contribution is 0.0943. The van der Waals surface area contributed by atoms with Crippen molar-refractivity contribution in [2.75, 3.05) is 0 Å². The molecule has 0 aliphatic heterocycles. The minimum absolute atomic E-state index is 0.0353. The number of aryl methyl sites for hydroxylation is 2. The highest BCUT2D eigenvalue weighted by molar-refractivity contribution is 7.80. The third kappa shape index (κ3) is 3.21. The van der Waals surface area contributed by atoms with Crippen LogP contribution in [0.2, 0.25) is 0 Å². The van der Waals surface area contributed by atoms with Gasteiger partial charge in [-0.2, -0.15) is 0 Å². The molecule has 4 nitrogen and oxygen atoms in total. The zero-order valence-electron chi connectivity index (χ0n) is 8.63. The van der Waals surface area contributed by atoms with Crippen LogP contribution in [-0.4, -0.2) is 11.0 Å². The lowest BCUT2D eigenvalue weighted by atomic mass is 10.1. The van der Waals surface area contributed by atoms with E-state index in [1.54, 1.807) is 6.07 Å². The first-order chi connectivity index (χ1) is 7.00. The number of rotatable bonds is 1. The molecule has 0 radical (unpaired) electrons. The number of carbonyl (C=O) groups is 1. The number of hydrazine groups is 1. The predicted octanol–water partition coefficient (Wildman–Crippen LogP) is 0.781. The van der Waals surface area contributed by atoms with E-state index in [-0.39, 0.29) is 11.0 Å². The van der Waals surface area contributed by atoms with Crippen molar-refractivity contribution in [3.63, 3.8) is 0 Å². The van der Waals surface area contributed by atoms with Gasteiger partial charge in [0.25, 0.3) is 5.91 Å². The van der Waals surface area contributed by atoms with Crippen molar-refractivity contribution in [2.45, 2.75) is 13.8 Å². The molecule has 0 spiro atoms. The molecule has 4 N–H and O–H groups in total. The summed E-state index contributed by atoms with van der Waals surface area (Å²) in [7, 11) is 0. The lowest BCUT2D eigenvalue weighted by Gasteiger charge is -2.08. The molecule has 0 fully saturated rings. The van der Waals surface area contributed by atoms with Gasteiger partial charge >= 0.3 is 0 Å². The summed E-state index contributed by atoms with van der Waals surface area (Å²) in [6.45, 7) is 3.85. The fourth-order valence-electron chi connectivity index (χ4n) is 1.25. The zero-order valence-corrected chi connectivity index (χ0v) is 9.44. The van der Waals surface area contributed by atoms with E-state index in [1.165, 1.54) is 0 Å². The summed E-state index contributed by atoms with van der Waals surface area (Å²) in [5, 5.41) is 0.0353. The molecule has 1 amide bonds. The highest BCUT2D eigenvalue weighted by atomic mass is 32.1. The monoisotopic (exact) mass is 223 g/mol. The Labute approximate surface area is 93.8 Å². The van der Waals surface area contributed by atoms with Gasteiger partial charge in [-0.3, -0.25) is 15.6 Å². The second-order valence-electron chi connectivity index (χ2n) is 3.26. The van der Waals surface area contributed by atoms with Gasteiger partial charge < -0.3 is 5.73 Å². The van der Waals surface area contributed by atoms with Crippen LogP contribution < -0.4 is 16.6 Å². The van der Waals surface area contributed by atoms with Gasteiger partial charge in [-0.05, 0) is 37.7 Å². The minimum atomic E-state index is -0.250. The topological polar surface area (TPSA) is 67.2 Å². The highest BCUT2D eigenvalue weighted by Crippen LogP contribution is 2.09. The van der Waals surface area contributed by atoms with Gasteiger partial charge in [0.2, 0.25) is 0 Å². The lowest BCUT2D eigenvalue weighted by Crippen LogP contribution is -2.44. The fraction of sp³-hybridized carbons (Fsp3) is 0.200. The van der Waals surface area contributed by atoms with E-state index < -0.39 is 0 Å². The smallest absolute Gasteiger partial charge is 0.269 e. The van der Waals surface area contributed by atoms with Crippen LogP contribution in [0, 0.1) is 13.8 Å². The minimum Gasteiger partial charge on any atom is -0.375 e. The molecular formula is C10H13N3OS. The Balaban J connectivity index is 2.78. The Kier molecular flexibility index (Phi) is 3.62. The second kappa shape index (κ2) is 4.75. The van der Waals surface area contributed by atoms with Gasteiger partial charge in [0.1, 0.15) is 0 Å². The Morgan fingerprint density at radius 3 is 2.53 bits per heavy atom. The fourth-order valence-corrected chi connectivity index (χ4v) is 1.31. The average molecular weight is 223 g/mol. The van der Waals surface area contributed by atoms with Crippen molar-refractivity contribution < 1.29 is 4.79 Å². The van der Waals surface area contributed by atoms with E-state index in [0.717, 1.165) is 11.1 Å². The molecule has 0 bridgehead atoms. The van der Waals surface area contributed by atoms with Gasteiger partial charge in [0, 0.05) is 5.56 Å². The second-order valence-corrected chi connectivity index (χ2v) is 3.70. The van der Waals surface area contributed by atoms with Crippen LogP contribution in [-0.2, 0) is 0 Å². The number of carbonyl (C=O) groups excluding carboxylic acids is 1. The van der Waals surface area contributed by atoms with Crippen molar-refractivity contribution in [2.24, 2.45) is 5.73 Å². The Morgan fingerprint density at radius 1 is 1.33 bits per heavy atom. The number of amides is 1. The zero-order chi connectivity index (χ0) is 11.4. The summed E-state index contributed by atoms with van der Waals surface area (Å²) in [6, 6.07) is 5.58. The van der Waals surface area contributed by atoms with Crippen LogP contribution in [0.25, 0.3) is 0 Å². The molecular weight excluding hydrogens is 210 g/mol. The van der Waals surface area contributed by atoms with E-state index in [4.69, 9.17) is 5.73 Å². The van der Waals surface area contributed by atoms with Crippen molar-refractivity contribution >= 4 is 23.2 Å². The van der Waals surface area contributed by atoms with Crippen LogP contribution in [0.3, 0.4) is 0 Å². The van der Waals surface area contributed by atoms with Crippen molar-refractivity contribution in [3.05, 3.63) is 34.9 Å². The molecule has 0 atom stereocenters. The number of hydrogen-bond donors (Lipinski definition) is 3. The summed E-state index contributed by atoms with van der Waals surface area (Å²) in [4.78, 5) is 11.6. The summed E-state index contributed by atoms with van der Waals surface area (Å²) >= 11 is 4.57. The summed E-state index contributed by atoms with van der Waals surface area (Å²) in [6.07, 6.45) is 0. The van der Waals surface area contributed by atoms with Gasteiger partial charge in [-0.1, -0.05) is 17.7 Å². The summed E-state index contributed by atoms with van der Waals surface area (Å²) < 4.78 is 0. The first kappa shape index (κ1) is 11.5. The molecule has 0 aliphatic rings. The molecule has 0 unspecified atom stereocenters. The maximum absolute atomic E-state index is 11.6. The summed E-state index contributed by atoms with van der Waals surface area (Å²) in [5.74, 6) is -0.250. The number of hydrogen-bond acceptors (Lipinski definition) is 2. The first-order valence-corrected chi connectivity index (χ1v) is 4.84. The van der Waals surface area contributed by atoms with E-state index in [2.05, 4.69) is 23.1 Å². The molecule has 0 saturated heterocycles. The third-order valence-corrected chi connectivity index (χ3v) is 2.03. The maximum atomic E-state index is 11.6. The molecule has 5 heteroatoms. The Morgan fingerprint density at radius 2 is 2.00 bits per heavy atom. The number of nitrogens with two attached hydrogens (primary N) is 1. The van der Waals surface area contributed by atoms with Crippen LogP contribution in [0.15, 0.2) is 18.2 Å². The molecule has 15 heavy (non-hydrogen) atoms. The molecule has 1 aromatic carbocycles. The van der Waals surface area contributed by atoms with Gasteiger partial charge in [0.05, 0.1) is 0 Å². The predicted molar refractivity (Wildman–Crippen MR) is 63.3 cm³/mol. The Hall–Kier alpha value is -1.62. The van der Waals surface area contributed by atoms with Gasteiger partial charge in [-0.15, -0.1) is 0 Å².